The Labute approximate surface area is 114 Å². The minimum atomic E-state index is -1.62. The van der Waals surface area contributed by atoms with Gasteiger partial charge in [0.15, 0.2) is 0 Å². The third-order valence-electron chi connectivity index (χ3n) is 2.12. The van der Waals surface area contributed by atoms with Gasteiger partial charge >= 0.3 is 0 Å². The van der Waals surface area contributed by atoms with Crippen LogP contribution < -0.4 is 0 Å². The molecule has 0 heterocycles. The summed E-state index contributed by atoms with van der Waals surface area (Å²) in [6.07, 6.45) is 2.06. The maximum Gasteiger partial charge on any atom is 0.239 e. The number of benzene rings is 1. The van der Waals surface area contributed by atoms with Crippen LogP contribution in [0.1, 0.15) is 29.3 Å². The zero-order valence-corrected chi connectivity index (χ0v) is 11.8. The molecule has 0 spiro atoms. The molecule has 0 aliphatic heterocycles. The fourth-order valence-electron chi connectivity index (χ4n) is 1.31. The number of hydrogen-bond acceptors (Lipinski definition) is 2. The first kappa shape index (κ1) is 14.2. The van der Waals surface area contributed by atoms with Crippen molar-refractivity contribution in [1.29, 1.82) is 0 Å². The second-order valence-corrected chi connectivity index (χ2v) is 6.38. The molecule has 1 rings (SSSR count). The second kappa shape index (κ2) is 6.15. The van der Waals surface area contributed by atoms with E-state index in [1.165, 1.54) is 5.56 Å². The molecule has 0 aliphatic carbocycles. The van der Waals surface area contributed by atoms with E-state index in [0.29, 0.717) is 16.5 Å². The predicted molar refractivity (Wildman–Crippen MR) is 72.6 cm³/mol. The lowest BCUT2D eigenvalue weighted by Crippen LogP contribution is -2.20. The van der Waals surface area contributed by atoms with Crippen LogP contribution in [0.3, 0.4) is 0 Å². The topological polar surface area (TPSA) is 17.1 Å². The van der Waals surface area contributed by atoms with E-state index in [2.05, 4.69) is 6.92 Å². The van der Waals surface area contributed by atoms with Crippen LogP contribution in [-0.2, 0) is 6.42 Å². The molecule has 0 fully saturated rings. The highest BCUT2D eigenvalue weighted by Gasteiger charge is 2.34. The molecule has 16 heavy (non-hydrogen) atoms. The minimum Gasteiger partial charge on any atom is -0.290 e. The highest BCUT2D eigenvalue weighted by molar-refractivity contribution is 8.24. The minimum absolute atomic E-state index is 0.390. The van der Waals surface area contributed by atoms with Crippen molar-refractivity contribution in [3.63, 3.8) is 0 Å². The van der Waals surface area contributed by atoms with E-state index in [1.807, 2.05) is 12.1 Å². The molecule has 5 heteroatoms. The Hall–Kier alpha value is 0.110. The molecule has 1 nitrogen and oxygen atoms in total. The first-order valence-corrected chi connectivity index (χ1v) is 7.22. The number of Topliss-reactive ketones (excluding diaryl/α,β-unsaturated/α-hetero) is 1. The number of carbonyl (C=O) groups excluding carboxylic acids is 1. The maximum absolute atomic E-state index is 11.8. The van der Waals surface area contributed by atoms with Gasteiger partial charge in [-0.25, -0.2) is 0 Å². The molecular formula is C11H11Cl3OS. The molecule has 0 bridgehead atoms. The quantitative estimate of drug-likeness (QED) is 0.571. The van der Waals surface area contributed by atoms with Crippen molar-refractivity contribution in [2.45, 2.75) is 23.4 Å². The van der Waals surface area contributed by atoms with Gasteiger partial charge in [0.2, 0.25) is 9.45 Å². The van der Waals surface area contributed by atoms with Gasteiger partial charge in [-0.05, 0) is 33.6 Å². The second-order valence-electron chi connectivity index (χ2n) is 3.37. The van der Waals surface area contributed by atoms with Crippen molar-refractivity contribution >= 4 is 50.6 Å². The highest BCUT2D eigenvalue weighted by Crippen LogP contribution is 2.40. The molecule has 88 valence electrons. The number of aryl methyl sites for hydroxylation is 1. The lowest BCUT2D eigenvalue weighted by atomic mass is 10.1. The number of carbonyl (C=O) groups is 1. The van der Waals surface area contributed by atoms with Crippen LogP contribution in [0.15, 0.2) is 24.3 Å². The van der Waals surface area contributed by atoms with Crippen molar-refractivity contribution in [3.05, 3.63) is 35.4 Å². The lowest BCUT2D eigenvalue weighted by molar-refractivity contribution is 0.0999. The van der Waals surface area contributed by atoms with Gasteiger partial charge in [-0.1, -0.05) is 60.8 Å². The zero-order chi connectivity index (χ0) is 12.2. The lowest BCUT2D eigenvalue weighted by Gasteiger charge is -2.13. The standard InChI is InChI=1S/C11H11Cl3OS/c1-2-3-8-4-6-9(7-5-8)10(15)11(12,13)16-14/h4-7H,2-3H2,1H3. The monoisotopic (exact) mass is 296 g/mol. The van der Waals surface area contributed by atoms with Gasteiger partial charge in [-0.3, -0.25) is 4.79 Å². The molecule has 0 amide bonds. The summed E-state index contributed by atoms with van der Waals surface area (Å²) in [7, 11) is 6.05. The molecule has 0 N–H and O–H groups in total. The van der Waals surface area contributed by atoms with Crippen molar-refractivity contribution in [1.82, 2.24) is 0 Å². The van der Waals surface area contributed by atoms with E-state index in [4.69, 9.17) is 33.9 Å². The van der Waals surface area contributed by atoms with Crippen molar-refractivity contribution in [3.8, 4) is 0 Å². The van der Waals surface area contributed by atoms with Crippen molar-refractivity contribution in [2.24, 2.45) is 0 Å². The Kier molecular flexibility index (Phi) is 5.45. The predicted octanol–water partition coefficient (Wildman–Crippen LogP) is 4.84. The molecule has 0 atom stereocenters. The Morgan fingerprint density at radius 1 is 1.31 bits per heavy atom. The van der Waals surface area contributed by atoms with Crippen molar-refractivity contribution < 1.29 is 4.79 Å². The van der Waals surface area contributed by atoms with E-state index in [9.17, 15) is 4.79 Å². The Bertz CT molecular complexity index is 362. The van der Waals surface area contributed by atoms with Crippen LogP contribution in [0.4, 0.5) is 0 Å². The van der Waals surface area contributed by atoms with Crippen LogP contribution >= 0.6 is 44.9 Å². The maximum atomic E-state index is 11.8. The number of ketones is 1. The fraction of sp³-hybridized carbons (Fsp3) is 0.364. The van der Waals surface area contributed by atoms with Gasteiger partial charge in [0.1, 0.15) is 0 Å². The molecule has 0 aliphatic rings. The van der Waals surface area contributed by atoms with Crippen LogP contribution in [0.25, 0.3) is 0 Å². The van der Waals surface area contributed by atoms with Crippen LogP contribution in [0.2, 0.25) is 0 Å². The Morgan fingerprint density at radius 3 is 2.31 bits per heavy atom. The molecule has 0 saturated heterocycles. The van der Waals surface area contributed by atoms with Crippen molar-refractivity contribution in [2.75, 3.05) is 0 Å². The first-order valence-electron chi connectivity index (χ1n) is 4.82. The summed E-state index contributed by atoms with van der Waals surface area (Å²) in [6, 6.07) is 7.25. The normalized spacial score (nSPS) is 11.5. The van der Waals surface area contributed by atoms with Gasteiger partial charge < -0.3 is 0 Å². The molecule has 0 aromatic heterocycles. The number of rotatable bonds is 5. The Balaban J connectivity index is 2.86. The summed E-state index contributed by atoms with van der Waals surface area (Å²) >= 11 is 11.5. The van der Waals surface area contributed by atoms with Gasteiger partial charge in [0.25, 0.3) is 0 Å². The van der Waals surface area contributed by atoms with Gasteiger partial charge in [0.05, 0.1) is 0 Å². The fourth-order valence-corrected chi connectivity index (χ4v) is 1.93. The van der Waals surface area contributed by atoms with E-state index < -0.39 is 3.67 Å². The first-order chi connectivity index (χ1) is 7.51. The zero-order valence-electron chi connectivity index (χ0n) is 8.67. The SMILES string of the molecule is CCCc1ccc(C(=O)C(Cl)(Cl)SCl)cc1. The number of halogens is 3. The molecule has 0 unspecified atom stereocenters. The summed E-state index contributed by atoms with van der Waals surface area (Å²) < 4.78 is -1.62. The molecular weight excluding hydrogens is 287 g/mol. The summed E-state index contributed by atoms with van der Waals surface area (Å²) in [5.41, 5.74) is 1.66. The third kappa shape index (κ3) is 3.56. The highest BCUT2D eigenvalue weighted by atomic mass is 35.7. The average molecular weight is 298 g/mol. The summed E-state index contributed by atoms with van der Waals surface area (Å²) in [5, 5.41) is 0. The molecule has 0 saturated carbocycles. The van der Waals surface area contributed by atoms with Crippen LogP contribution in [0.5, 0.6) is 0 Å². The van der Waals surface area contributed by atoms with E-state index in [-0.39, 0.29) is 5.78 Å². The summed E-state index contributed by atoms with van der Waals surface area (Å²) in [5.74, 6) is -0.390. The van der Waals surface area contributed by atoms with Gasteiger partial charge in [0, 0.05) is 5.56 Å². The largest absolute Gasteiger partial charge is 0.290 e. The molecule has 1 aromatic rings. The van der Waals surface area contributed by atoms with E-state index in [1.54, 1.807) is 12.1 Å². The molecule has 1 aromatic carbocycles. The number of alkyl halides is 2. The van der Waals surface area contributed by atoms with E-state index >= 15 is 0 Å². The van der Waals surface area contributed by atoms with Gasteiger partial charge in [-0.2, -0.15) is 0 Å². The summed E-state index contributed by atoms with van der Waals surface area (Å²) in [6.45, 7) is 2.10. The molecule has 0 radical (unpaired) electrons. The smallest absolute Gasteiger partial charge is 0.239 e. The number of hydrogen-bond donors (Lipinski definition) is 0. The third-order valence-corrected chi connectivity index (χ3v) is 4.47. The Morgan fingerprint density at radius 2 is 1.88 bits per heavy atom. The van der Waals surface area contributed by atoms with Crippen LogP contribution in [-0.4, -0.2) is 9.45 Å². The average Bonchev–Trinajstić information content (AvgIpc) is 2.29. The van der Waals surface area contributed by atoms with Gasteiger partial charge in [-0.15, -0.1) is 0 Å². The van der Waals surface area contributed by atoms with Crippen LogP contribution in [0, 0.1) is 0 Å². The summed E-state index contributed by atoms with van der Waals surface area (Å²) in [4.78, 5) is 11.8. The van der Waals surface area contributed by atoms with E-state index in [0.717, 1.165) is 12.8 Å².